The van der Waals surface area contributed by atoms with Crippen molar-refractivity contribution in [1.29, 1.82) is 0 Å². The van der Waals surface area contributed by atoms with Gasteiger partial charge < -0.3 is 14.1 Å². The van der Waals surface area contributed by atoms with Gasteiger partial charge in [-0.1, -0.05) is 19.4 Å². The van der Waals surface area contributed by atoms with E-state index in [0.717, 1.165) is 37.5 Å². The van der Waals surface area contributed by atoms with Gasteiger partial charge in [0.2, 0.25) is 5.89 Å². The molecule has 0 N–H and O–H groups in total. The van der Waals surface area contributed by atoms with Gasteiger partial charge in [0.25, 0.3) is 5.91 Å². The number of hydrogen-bond donors (Lipinski definition) is 0. The number of rotatable bonds is 7. The SMILES string of the molecule is CCCCOc1ccc(C(=O)N2CCCC2c2nc3cc(-c4ccc(F)cc4F)ccc3o2)cc1. The molecule has 3 aromatic carbocycles. The summed E-state index contributed by atoms with van der Waals surface area (Å²) in [6.07, 6.45) is 3.64. The maximum atomic E-state index is 14.3. The van der Waals surface area contributed by atoms with Gasteiger partial charge in [-0.25, -0.2) is 13.8 Å². The summed E-state index contributed by atoms with van der Waals surface area (Å²) >= 11 is 0. The Morgan fingerprint density at radius 3 is 2.71 bits per heavy atom. The van der Waals surface area contributed by atoms with Crippen LogP contribution in [0.1, 0.15) is 54.9 Å². The van der Waals surface area contributed by atoms with Crippen LogP contribution in [0.3, 0.4) is 0 Å². The Morgan fingerprint density at radius 1 is 1.11 bits per heavy atom. The maximum absolute atomic E-state index is 14.3. The lowest BCUT2D eigenvalue weighted by Gasteiger charge is -2.22. The first-order chi connectivity index (χ1) is 17.0. The van der Waals surface area contributed by atoms with Crippen molar-refractivity contribution in [3.8, 4) is 16.9 Å². The van der Waals surface area contributed by atoms with Crippen molar-refractivity contribution >= 4 is 17.0 Å². The van der Waals surface area contributed by atoms with Gasteiger partial charge in [-0.2, -0.15) is 0 Å². The molecule has 35 heavy (non-hydrogen) atoms. The number of fused-ring (bicyclic) bond motifs is 1. The molecule has 1 aliphatic rings. The highest BCUT2D eigenvalue weighted by Crippen LogP contribution is 2.35. The summed E-state index contributed by atoms with van der Waals surface area (Å²) in [6.45, 7) is 3.38. The van der Waals surface area contributed by atoms with Crippen LogP contribution in [0.25, 0.3) is 22.2 Å². The third kappa shape index (κ3) is 4.76. The highest BCUT2D eigenvalue weighted by Gasteiger charge is 2.34. The molecule has 1 fully saturated rings. The number of ether oxygens (including phenoxy) is 1. The minimum absolute atomic E-state index is 0.0797. The summed E-state index contributed by atoms with van der Waals surface area (Å²) in [4.78, 5) is 19.7. The summed E-state index contributed by atoms with van der Waals surface area (Å²) in [7, 11) is 0. The predicted octanol–water partition coefficient (Wildman–Crippen LogP) is 6.93. The van der Waals surface area contributed by atoms with Crippen LogP contribution in [0, 0.1) is 11.6 Å². The van der Waals surface area contributed by atoms with Crippen LogP contribution in [-0.2, 0) is 0 Å². The second-order valence-electron chi connectivity index (χ2n) is 8.74. The fourth-order valence-corrected chi connectivity index (χ4v) is 4.44. The zero-order valence-electron chi connectivity index (χ0n) is 19.5. The third-order valence-corrected chi connectivity index (χ3v) is 6.31. The normalized spacial score (nSPS) is 15.6. The van der Waals surface area contributed by atoms with E-state index in [1.807, 2.05) is 12.1 Å². The smallest absolute Gasteiger partial charge is 0.254 e. The Bertz CT molecular complexity index is 1350. The Labute approximate surface area is 202 Å². The van der Waals surface area contributed by atoms with Crippen LogP contribution in [-0.4, -0.2) is 28.9 Å². The molecule has 1 saturated heterocycles. The molecule has 7 heteroatoms. The number of nitrogens with zero attached hydrogens (tertiary/aromatic N) is 2. The fraction of sp³-hybridized carbons (Fsp3) is 0.286. The van der Waals surface area contributed by atoms with Crippen molar-refractivity contribution in [2.24, 2.45) is 0 Å². The lowest BCUT2D eigenvalue weighted by Crippen LogP contribution is -2.30. The zero-order chi connectivity index (χ0) is 24.4. The van der Waals surface area contributed by atoms with Crippen LogP contribution < -0.4 is 4.74 Å². The Hall–Kier alpha value is -3.74. The van der Waals surface area contributed by atoms with Crippen molar-refractivity contribution in [2.75, 3.05) is 13.2 Å². The quantitative estimate of drug-likeness (QED) is 0.272. The first-order valence-corrected chi connectivity index (χ1v) is 11.9. The maximum Gasteiger partial charge on any atom is 0.254 e. The van der Waals surface area contributed by atoms with Crippen molar-refractivity contribution in [1.82, 2.24) is 9.88 Å². The third-order valence-electron chi connectivity index (χ3n) is 6.31. The van der Waals surface area contributed by atoms with Crippen molar-refractivity contribution in [2.45, 2.75) is 38.6 Å². The molecule has 2 heterocycles. The summed E-state index contributed by atoms with van der Waals surface area (Å²) < 4.78 is 39.2. The molecule has 1 unspecified atom stereocenters. The van der Waals surface area contributed by atoms with E-state index < -0.39 is 11.6 Å². The van der Waals surface area contributed by atoms with Gasteiger partial charge in [-0.3, -0.25) is 4.79 Å². The van der Waals surface area contributed by atoms with E-state index >= 15 is 0 Å². The number of amides is 1. The Kier molecular flexibility index (Phi) is 6.49. The van der Waals surface area contributed by atoms with E-state index in [1.54, 1.807) is 35.2 Å². The molecular formula is C28H26F2N2O3. The minimum atomic E-state index is -0.637. The van der Waals surface area contributed by atoms with Crippen molar-refractivity contribution in [3.05, 3.63) is 83.8 Å². The van der Waals surface area contributed by atoms with Crippen LogP contribution >= 0.6 is 0 Å². The number of likely N-dealkylation sites (tertiary alicyclic amines) is 1. The molecule has 1 amide bonds. The zero-order valence-corrected chi connectivity index (χ0v) is 19.5. The number of benzene rings is 3. The summed E-state index contributed by atoms with van der Waals surface area (Å²) in [5, 5.41) is 0. The molecule has 0 aliphatic carbocycles. The standard InChI is InChI=1S/C28H26F2N2O3/c1-2-3-15-34-21-10-6-18(7-11-21)28(33)32-14-4-5-25(32)27-31-24-16-19(8-13-26(24)35-27)22-12-9-20(29)17-23(22)30/h6-13,16-17,25H,2-5,14-15H2,1H3. The molecule has 1 atom stereocenters. The number of oxazole rings is 1. The summed E-state index contributed by atoms with van der Waals surface area (Å²) in [5.74, 6) is -0.130. The molecule has 1 aromatic heterocycles. The molecule has 0 spiro atoms. The monoisotopic (exact) mass is 476 g/mol. The molecule has 1 aliphatic heterocycles. The van der Waals surface area contributed by atoms with Crippen LogP contribution in [0.15, 0.2) is 65.1 Å². The van der Waals surface area contributed by atoms with Gasteiger partial charge in [0, 0.05) is 23.7 Å². The Balaban J connectivity index is 1.36. The predicted molar refractivity (Wildman–Crippen MR) is 129 cm³/mol. The minimum Gasteiger partial charge on any atom is -0.494 e. The van der Waals surface area contributed by atoms with Gasteiger partial charge in [-0.15, -0.1) is 0 Å². The first kappa shape index (κ1) is 23.0. The number of carbonyl (C=O) groups is 1. The highest BCUT2D eigenvalue weighted by atomic mass is 19.1. The number of carbonyl (C=O) groups excluding carboxylic acids is 1. The Morgan fingerprint density at radius 2 is 1.94 bits per heavy atom. The highest BCUT2D eigenvalue weighted by molar-refractivity contribution is 5.94. The van der Waals surface area contributed by atoms with E-state index in [9.17, 15) is 13.6 Å². The van der Waals surface area contributed by atoms with Crippen LogP contribution in [0.5, 0.6) is 5.75 Å². The van der Waals surface area contributed by atoms with Gasteiger partial charge in [-0.05, 0) is 73.4 Å². The average molecular weight is 477 g/mol. The largest absolute Gasteiger partial charge is 0.494 e. The van der Waals surface area contributed by atoms with Gasteiger partial charge in [0.05, 0.1) is 6.61 Å². The molecule has 5 nitrogen and oxygen atoms in total. The number of hydrogen-bond acceptors (Lipinski definition) is 4. The lowest BCUT2D eigenvalue weighted by molar-refractivity contribution is 0.0717. The first-order valence-electron chi connectivity index (χ1n) is 11.9. The molecular weight excluding hydrogens is 450 g/mol. The van der Waals surface area contributed by atoms with Crippen molar-refractivity contribution in [3.63, 3.8) is 0 Å². The number of unbranched alkanes of at least 4 members (excludes halogenated alkanes) is 1. The molecule has 0 radical (unpaired) electrons. The summed E-state index contributed by atoms with van der Waals surface area (Å²) in [5.41, 5.74) is 2.58. The average Bonchev–Trinajstić information content (AvgIpc) is 3.51. The van der Waals surface area contributed by atoms with E-state index in [2.05, 4.69) is 11.9 Å². The van der Waals surface area contributed by atoms with E-state index in [0.29, 0.717) is 41.3 Å². The second-order valence-corrected chi connectivity index (χ2v) is 8.74. The van der Waals surface area contributed by atoms with E-state index in [1.165, 1.54) is 12.1 Å². The second kappa shape index (κ2) is 9.86. The van der Waals surface area contributed by atoms with E-state index in [4.69, 9.17) is 9.15 Å². The fourth-order valence-electron chi connectivity index (χ4n) is 4.44. The van der Waals surface area contributed by atoms with Gasteiger partial charge in [0.15, 0.2) is 5.58 Å². The number of aromatic nitrogens is 1. The number of halogens is 2. The van der Waals surface area contributed by atoms with Gasteiger partial charge >= 0.3 is 0 Å². The molecule has 4 aromatic rings. The van der Waals surface area contributed by atoms with E-state index in [-0.39, 0.29) is 17.5 Å². The molecule has 0 saturated carbocycles. The molecule has 0 bridgehead atoms. The lowest BCUT2D eigenvalue weighted by atomic mass is 10.0. The summed E-state index contributed by atoms with van der Waals surface area (Å²) in [6, 6.07) is 15.6. The van der Waals surface area contributed by atoms with Crippen LogP contribution in [0.2, 0.25) is 0 Å². The molecule has 180 valence electrons. The van der Waals surface area contributed by atoms with Crippen molar-refractivity contribution < 1.29 is 22.7 Å². The topological polar surface area (TPSA) is 55.6 Å². The molecule has 5 rings (SSSR count). The van der Waals surface area contributed by atoms with Crippen LogP contribution in [0.4, 0.5) is 8.78 Å². The van der Waals surface area contributed by atoms with Gasteiger partial charge in [0.1, 0.15) is 28.9 Å².